The number of hydrogen-bond donors (Lipinski definition) is 1. The lowest BCUT2D eigenvalue weighted by Crippen LogP contribution is -2.48. The predicted molar refractivity (Wildman–Crippen MR) is 104 cm³/mol. The standard InChI is InChI=1S/C18H27N5S/c1-3-15-13-22(11-12-24-15)18(19-2)20-9-6-10-23-14-21-16-7-4-5-8-17(16)23/h4-5,7-8,14-15H,3,6,9-13H2,1-2H3,(H,19,20). The summed E-state index contributed by atoms with van der Waals surface area (Å²) in [6.07, 6.45) is 4.22. The van der Waals surface area contributed by atoms with Crippen LogP contribution in [0.25, 0.3) is 11.0 Å². The van der Waals surface area contributed by atoms with Crippen molar-refractivity contribution in [3.63, 3.8) is 0 Å². The summed E-state index contributed by atoms with van der Waals surface area (Å²) in [5.74, 6) is 2.24. The van der Waals surface area contributed by atoms with Crippen molar-refractivity contribution in [1.82, 2.24) is 19.8 Å². The molecule has 24 heavy (non-hydrogen) atoms. The van der Waals surface area contributed by atoms with E-state index in [2.05, 4.69) is 61.6 Å². The first-order valence-electron chi connectivity index (χ1n) is 8.79. The third-order valence-corrected chi connectivity index (χ3v) is 5.86. The molecule has 5 nitrogen and oxygen atoms in total. The Morgan fingerprint density at radius 3 is 3.12 bits per heavy atom. The molecule has 1 aliphatic rings. The summed E-state index contributed by atoms with van der Waals surface area (Å²) in [6.45, 7) is 6.37. The van der Waals surface area contributed by atoms with Crippen molar-refractivity contribution in [2.24, 2.45) is 4.99 Å². The van der Waals surface area contributed by atoms with E-state index in [1.54, 1.807) is 0 Å². The Kier molecular flexibility index (Phi) is 6.01. The van der Waals surface area contributed by atoms with Gasteiger partial charge in [-0.15, -0.1) is 0 Å². The second-order valence-corrected chi connectivity index (χ2v) is 7.51. The average molecular weight is 346 g/mol. The van der Waals surface area contributed by atoms with Crippen molar-refractivity contribution in [3.05, 3.63) is 30.6 Å². The third kappa shape index (κ3) is 4.04. The molecule has 130 valence electrons. The molecule has 1 N–H and O–H groups in total. The number of nitrogens with one attached hydrogen (secondary N) is 1. The summed E-state index contributed by atoms with van der Waals surface area (Å²) < 4.78 is 2.23. The molecular formula is C18H27N5S. The number of rotatable bonds is 5. The van der Waals surface area contributed by atoms with Gasteiger partial charge in [-0.05, 0) is 25.0 Å². The van der Waals surface area contributed by atoms with E-state index in [1.165, 1.54) is 17.7 Å². The number of aryl methyl sites for hydroxylation is 1. The van der Waals surface area contributed by atoms with Crippen molar-refractivity contribution in [3.8, 4) is 0 Å². The molecule has 0 amide bonds. The van der Waals surface area contributed by atoms with Crippen LogP contribution in [-0.2, 0) is 6.54 Å². The van der Waals surface area contributed by atoms with Crippen LogP contribution in [0.3, 0.4) is 0 Å². The van der Waals surface area contributed by atoms with Crippen molar-refractivity contribution < 1.29 is 0 Å². The number of aromatic nitrogens is 2. The van der Waals surface area contributed by atoms with Crippen LogP contribution in [0.15, 0.2) is 35.6 Å². The Balaban J connectivity index is 1.48. The highest BCUT2D eigenvalue weighted by molar-refractivity contribution is 8.00. The lowest BCUT2D eigenvalue weighted by molar-refractivity contribution is 0.407. The summed E-state index contributed by atoms with van der Waals surface area (Å²) in [7, 11) is 1.88. The Morgan fingerprint density at radius 2 is 2.29 bits per heavy atom. The maximum absolute atomic E-state index is 4.47. The molecule has 0 bridgehead atoms. The van der Waals surface area contributed by atoms with Gasteiger partial charge in [0.05, 0.1) is 17.4 Å². The second kappa shape index (κ2) is 8.42. The molecule has 1 fully saturated rings. The Morgan fingerprint density at radius 1 is 1.42 bits per heavy atom. The normalized spacial score (nSPS) is 19.0. The van der Waals surface area contributed by atoms with Crippen LogP contribution in [0, 0.1) is 0 Å². The van der Waals surface area contributed by atoms with Crippen LogP contribution in [0.1, 0.15) is 19.8 Å². The van der Waals surface area contributed by atoms with Crippen LogP contribution in [-0.4, -0.2) is 58.1 Å². The number of fused-ring (bicyclic) bond motifs is 1. The maximum atomic E-state index is 4.47. The number of imidazole rings is 1. The molecule has 1 saturated heterocycles. The molecule has 2 heterocycles. The SMILES string of the molecule is CCC1CN(C(=NC)NCCCn2cnc3ccccc32)CCS1. The van der Waals surface area contributed by atoms with E-state index in [-0.39, 0.29) is 0 Å². The minimum Gasteiger partial charge on any atom is -0.356 e. The fourth-order valence-electron chi connectivity index (χ4n) is 3.13. The van der Waals surface area contributed by atoms with Gasteiger partial charge in [-0.2, -0.15) is 11.8 Å². The van der Waals surface area contributed by atoms with Gasteiger partial charge in [-0.25, -0.2) is 4.98 Å². The van der Waals surface area contributed by atoms with E-state index >= 15 is 0 Å². The monoisotopic (exact) mass is 345 g/mol. The van der Waals surface area contributed by atoms with Gasteiger partial charge in [0.1, 0.15) is 0 Å². The highest BCUT2D eigenvalue weighted by Gasteiger charge is 2.21. The number of benzene rings is 1. The van der Waals surface area contributed by atoms with Gasteiger partial charge in [0, 0.05) is 44.2 Å². The molecule has 3 rings (SSSR count). The second-order valence-electron chi connectivity index (χ2n) is 6.10. The summed E-state index contributed by atoms with van der Waals surface area (Å²) in [4.78, 5) is 11.3. The Bertz CT molecular complexity index is 681. The molecule has 2 aromatic rings. The van der Waals surface area contributed by atoms with Crippen LogP contribution in [0.2, 0.25) is 0 Å². The minimum absolute atomic E-state index is 0.731. The molecule has 1 aromatic heterocycles. The fourth-order valence-corrected chi connectivity index (χ4v) is 4.31. The van der Waals surface area contributed by atoms with Crippen LogP contribution in [0.5, 0.6) is 0 Å². The number of nitrogens with zero attached hydrogens (tertiary/aromatic N) is 4. The van der Waals surface area contributed by atoms with Crippen molar-refractivity contribution in [2.45, 2.75) is 31.6 Å². The minimum atomic E-state index is 0.731. The van der Waals surface area contributed by atoms with E-state index in [4.69, 9.17) is 0 Å². The van der Waals surface area contributed by atoms with Gasteiger partial charge in [-0.1, -0.05) is 19.1 Å². The highest BCUT2D eigenvalue weighted by Crippen LogP contribution is 2.21. The maximum Gasteiger partial charge on any atom is 0.193 e. The zero-order valence-electron chi connectivity index (χ0n) is 14.6. The molecular weight excluding hydrogens is 318 g/mol. The summed E-state index contributed by atoms with van der Waals surface area (Å²) in [5, 5.41) is 4.26. The zero-order chi connectivity index (χ0) is 16.8. The van der Waals surface area contributed by atoms with E-state index in [0.717, 1.165) is 49.3 Å². The van der Waals surface area contributed by atoms with Gasteiger partial charge in [0.15, 0.2) is 5.96 Å². The molecule has 1 unspecified atom stereocenters. The third-order valence-electron chi connectivity index (χ3n) is 4.49. The largest absolute Gasteiger partial charge is 0.356 e. The molecule has 0 saturated carbocycles. The van der Waals surface area contributed by atoms with Crippen molar-refractivity contribution in [2.75, 3.05) is 32.4 Å². The lowest BCUT2D eigenvalue weighted by Gasteiger charge is -2.34. The van der Waals surface area contributed by atoms with E-state index < -0.39 is 0 Å². The van der Waals surface area contributed by atoms with Gasteiger partial charge in [0.25, 0.3) is 0 Å². The first kappa shape index (κ1) is 17.1. The topological polar surface area (TPSA) is 45.5 Å². The fraction of sp³-hybridized carbons (Fsp3) is 0.556. The quantitative estimate of drug-likeness (QED) is 0.514. The summed E-state index contributed by atoms with van der Waals surface area (Å²) >= 11 is 2.09. The van der Waals surface area contributed by atoms with Crippen molar-refractivity contribution >= 4 is 28.8 Å². The molecule has 1 atom stereocenters. The molecule has 0 radical (unpaired) electrons. The Labute approximate surface area is 148 Å². The predicted octanol–water partition coefficient (Wildman–Crippen LogP) is 2.83. The van der Waals surface area contributed by atoms with Gasteiger partial charge in [-0.3, -0.25) is 4.99 Å². The first-order chi connectivity index (χ1) is 11.8. The molecule has 6 heteroatoms. The summed E-state index contributed by atoms with van der Waals surface area (Å²) in [5.41, 5.74) is 2.28. The molecule has 0 aliphatic carbocycles. The Hall–Kier alpha value is -1.69. The van der Waals surface area contributed by atoms with Gasteiger partial charge in [0.2, 0.25) is 0 Å². The van der Waals surface area contributed by atoms with E-state index in [0.29, 0.717) is 0 Å². The van der Waals surface area contributed by atoms with Gasteiger partial charge >= 0.3 is 0 Å². The number of aliphatic imine (C=N–C) groups is 1. The first-order valence-corrected chi connectivity index (χ1v) is 9.83. The van der Waals surface area contributed by atoms with Gasteiger partial charge < -0.3 is 14.8 Å². The number of para-hydroxylation sites is 2. The highest BCUT2D eigenvalue weighted by atomic mass is 32.2. The van der Waals surface area contributed by atoms with Crippen LogP contribution >= 0.6 is 11.8 Å². The molecule has 0 spiro atoms. The van der Waals surface area contributed by atoms with E-state index in [1.807, 2.05) is 19.4 Å². The lowest BCUT2D eigenvalue weighted by atomic mass is 10.3. The average Bonchev–Trinajstić information content (AvgIpc) is 3.05. The molecule has 1 aromatic carbocycles. The number of hydrogen-bond acceptors (Lipinski definition) is 3. The molecule has 1 aliphatic heterocycles. The number of guanidine groups is 1. The summed E-state index contributed by atoms with van der Waals surface area (Å²) in [6, 6.07) is 8.29. The zero-order valence-corrected chi connectivity index (χ0v) is 15.4. The van der Waals surface area contributed by atoms with Crippen LogP contribution in [0.4, 0.5) is 0 Å². The van der Waals surface area contributed by atoms with Crippen LogP contribution < -0.4 is 5.32 Å². The smallest absolute Gasteiger partial charge is 0.193 e. The van der Waals surface area contributed by atoms with E-state index in [9.17, 15) is 0 Å². The van der Waals surface area contributed by atoms with Crippen molar-refractivity contribution in [1.29, 1.82) is 0 Å². The number of thioether (sulfide) groups is 1.